The average molecular weight is 397 g/mol. The topological polar surface area (TPSA) is 55.9 Å². The van der Waals surface area contributed by atoms with Crippen LogP contribution in [0.15, 0.2) is 0 Å². The highest BCUT2D eigenvalue weighted by molar-refractivity contribution is 5.85. The number of hydrogen-bond acceptors (Lipinski definition) is 4. The highest BCUT2D eigenvalue weighted by Gasteiger charge is 2.28. The van der Waals surface area contributed by atoms with E-state index in [2.05, 4.69) is 17.1 Å². The van der Waals surface area contributed by atoms with Gasteiger partial charge >= 0.3 is 0 Å². The van der Waals surface area contributed by atoms with E-state index in [1.165, 1.54) is 6.42 Å². The zero-order valence-electron chi connectivity index (χ0n) is 15.7. The number of piperazine rings is 1. The molecule has 2 fully saturated rings. The van der Waals surface area contributed by atoms with Gasteiger partial charge in [0.15, 0.2) is 0 Å². The Balaban J connectivity index is 0.00000288. The summed E-state index contributed by atoms with van der Waals surface area (Å²) < 4.78 is 0. The molecule has 2 rings (SSSR count). The van der Waals surface area contributed by atoms with E-state index in [0.717, 1.165) is 45.6 Å². The summed E-state index contributed by atoms with van der Waals surface area (Å²) in [5, 5.41) is 3.05. The molecule has 25 heavy (non-hydrogen) atoms. The van der Waals surface area contributed by atoms with E-state index in [1.54, 1.807) is 0 Å². The number of likely N-dealkylation sites (tertiary alicyclic amines) is 1. The molecule has 0 aromatic carbocycles. The van der Waals surface area contributed by atoms with Crippen molar-refractivity contribution in [3.8, 4) is 0 Å². The number of halogens is 2. The maximum Gasteiger partial charge on any atom is 0.236 e. The van der Waals surface area contributed by atoms with Crippen LogP contribution in [0.1, 0.15) is 33.1 Å². The number of piperidine rings is 1. The largest absolute Gasteiger partial charge is 0.340 e. The summed E-state index contributed by atoms with van der Waals surface area (Å²) in [5.74, 6) is 0.484. The van der Waals surface area contributed by atoms with Crippen molar-refractivity contribution in [2.24, 2.45) is 5.92 Å². The van der Waals surface area contributed by atoms with Crippen molar-refractivity contribution in [1.82, 2.24) is 20.0 Å². The molecule has 2 saturated heterocycles. The van der Waals surface area contributed by atoms with Gasteiger partial charge in [-0.1, -0.05) is 6.92 Å². The predicted octanol–water partition coefficient (Wildman–Crippen LogP) is 1.23. The Labute approximate surface area is 164 Å². The normalized spacial score (nSPS) is 22.6. The summed E-state index contributed by atoms with van der Waals surface area (Å²) in [7, 11) is 1.87. The van der Waals surface area contributed by atoms with Crippen molar-refractivity contribution in [3.63, 3.8) is 0 Å². The standard InChI is InChI=1S/C17H32N4O2.2ClH/c1-14(12-18-3)17(23)20-10-8-19(9-11-20)13-16(22)21-7-5-4-6-15(21)2;;/h14-15,18H,4-13H2,1-3H3;2*1H. The summed E-state index contributed by atoms with van der Waals surface area (Å²) in [6.45, 7) is 9.29. The average Bonchev–Trinajstić information content (AvgIpc) is 2.55. The van der Waals surface area contributed by atoms with E-state index in [1.807, 2.05) is 23.8 Å². The van der Waals surface area contributed by atoms with Crippen LogP contribution in [0.3, 0.4) is 0 Å². The third-order valence-corrected chi connectivity index (χ3v) is 5.10. The highest BCUT2D eigenvalue weighted by Crippen LogP contribution is 2.17. The monoisotopic (exact) mass is 396 g/mol. The molecule has 0 bridgehead atoms. The number of nitrogens with zero attached hydrogens (tertiary/aromatic N) is 3. The quantitative estimate of drug-likeness (QED) is 0.758. The van der Waals surface area contributed by atoms with Crippen LogP contribution in [0, 0.1) is 5.92 Å². The highest BCUT2D eigenvalue weighted by atomic mass is 35.5. The first-order valence-electron chi connectivity index (χ1n) is 8.98. The molecule has 0 saturated carbocycles. The zero-order chi connectivity index (χ0) is 16.8. The Kier molecular flexibility index (Phi) is 11.7. The SMILES string of the molecule is CNCC(C)C(=O)N1CCN(CC(=O)N2CCCCC2C)CC1.Cl.Cl. The second-order valence-corrected chi connectivity index (χ2v) is 6.99. The molecule has 2 atom stereocenters. The molecule has 0 aromatic heterocycles. The van der Waals surface area contributed by atoms with E-state index in [-0.39, 0.29) is 42.5 Å². The fourth-order valence-corrected chi connectivity index (χ4v) is 3.58. The van der Waals surface area contributed by atoms with Crippen molar-refractivity contribution in [2.45, 2.75) is 39.2 Å². The first-order valence-corrected chi connectivity index (χ1v) is 8.98. The van der Waals surface area contributed by atoms with Gasteiger partial charge in [-0.25, -0.2) is 0 Å². The fourth-order valence-electron chi connectivity index (χ4n) is 3.58. The Morgan fingerprint density at radius 1 is 1.08 bits per heavy atom. The maximum absolute atomic E-state index is 12.5. The van der Waals surface area contributed by atoms with Crippen LogP contribution in [0.25, 0.3) is 0 Å². The van der Waals surface area contributed by atoms with Crippen molar-refractivity contribution < 1.29 is 9.59 Å². The van der Waals surface area contributed by atoms with Crippen LogP contribution in [-0.2, 0) is 9.59 Å². The van der Waals surface area contributed by atoms with E-state index >= 15 is 0 Å². The summed E-state index contributed by atoms with van der Waals surface area (Å²) in [6.07, 6.45) is 3.48. The van der Waals surface area contributed by atoms with Crippen LogP contribution < -0.4 is 5.32 Å². The summed E-state index contributed by atoms with van der Waals surface area (Å²) in [5.41, 5.74) is 0. The van der Waals surface area contributed by atoms with Crippen LogP contribution in [0.4, 0.5) is 0 Å². The molecule has 8 heteroatoms. The molecule has 2 heterocycles. The van der Waals surface area contributed by atoms with Gasteiger partial charge < -0.3 is 15.1 Å². The summed E-state index contributed by atoms with van der Waals surface area (Å²) >= 11 is 0. The molecule has 2 amide bonds. The molecule has 0 spiro atoms. The lowest BCUT2D eigenvalue weighted by molar-refractivity contribution is -0.138. The summed E-state index contributed by atoms with van der Waals surface area (Å²) in [4.78, 5) is 30.9. The van der Waals surface area contributed by atoms with E-state index in [0.29, 0.717) is 19.1 Å². The minimum Gasteiger partial charge on any atom is -0.340 e. The summed E-state index contributed by atoms with van der Waals surface area (Å²) in [6, 6.07) is 0.376. The van der Waals surface area contributed by atoms with Gasteiger partial charge in [-0.2, -0.15) is 0 Å². The number of hydrogen-bond donors (Lipinski definition) is 1. The molecule has 2 unspecified atom stereocenters. The maximum atomic E-state index is 12.5. The first kappa shape index (κ1) is 24.4. The molecular weight excluding hydrogens is 363 g/mol. The molecule has 148 valence electrons. The Bertz CT molecular complexity index is 417. The lowest BCUT2D eigenvalue weighted by Crippen LogP contribution is -2.54. The van der Waals surface area contributed by atoms with Gasteiger partial charge in [0, 0.05) is 51.2 Å². The van der Waals surface area contributed by atoms with Crippen molar-refractivity contribution in [3.05, 3.63) is 0 Å². The van der Waals surface area contributed by atoms with Crippen molar-refractivity contribution >= 4 is 36.6 Å². The van der Waals surface area contributed by atoms with Crippen molar-refractivity contribution in [1.29, 1.82) is 0 Å². The van der Waals surface area contributed by atoms with Gasteiger partial charge in [0.2, 0.25) is 11.8 Å². The lowest BCUT2D eigenvalue weighted by Gasteiger charge is -2.38. The smallest absolute Gasteiger partial charge is 0.236 e. The number of rotatable bonds is 5. The molecule has 1 N–H and O–H groups in total. The Morgan fingerprint density at radius 3 is 2.28 bits per heavy atom. The van der Waals surface area contributed by atoms with Gasteiger partial charge in [-0.05, 0) is 33.2 Å². The second-order valence-electron chi connectivity index (χ2n) is 6.99. The number of carbonyl (C=O) groups excluding carboxylic acids is 2. The third kappa shape index (κ3) is 6.93. The second kappa shape index (κ2) is 11.9. The third-order valence-electron chi connectivity index (χ3n) is 5.10. The van der Waals surface area contributed by atoms with Crippen LogP contribution in [-0.4, -0.2) is 85.4 Å². The zero-order valence-corrected chi connectivity index (χ0v) is 17.3. The Morgan fingerprint density at radius 2 is 1.72 bits per heavy atom. The molecular formula is C17H34Cl2N4O2. The first-order chi connectivity index (χ1) is 11.0. The molecule has 0 aromatic rings. The predicted molar refractivity (Wildman–Crippen MR) is 106 cm³/mol. The van der Waals surface area contributed by atoms with E-state index in [9.17, 15) is 9.59 Å². The van der Waals surface area contributed by atoms with Gasteiger partial charge in [-0.3, -0.25) is 14.5 Å². The van der Waals surface area contributed by atoms with E-state index < -0.39 is 0 Å². The lowest BCUT2D eigenvalue weighted by atomic mass is 10.0. The molecule has 6 nitrogen and oxygen atoms in total. The van der Waals surface area contributed by atoms with Gasteiger partial charge in [0.05, 0.1) is 6.54 Å². The molecule has 0 radical (unpaired) electrons. The number of carbonyl (C=O) groups is 2. The minimum absolute atomic E-state index is 0. The molecule has 2 aliphatic rings. The number of nitrogens with one attached hydrogen (secondary N) is 1. The molecule has 2 aliphatic heterocycles. The van der Waals surface area contributed by atoms with Crippen molar-refractivity contribution in [2.75, 3.05) is 52.9 Å². The minimum atomic E-state index is 0. The van der Waals surface area contributed by atoms with Gasteiger partial charge in [0.25, 0.3) is 0 Å². The Hall–Kier alpha value is -0.560. The fraction of sp³-hybridized carbons (Fsp3) is 0.882. The van der Waals surface area contributed by atoms with Crippen LogP contribution in [0.2, 0.25) is 0 Å². The van der Waals surface area contributed by atoms with Gasteiger partial charge in [-0.15, -0.1) is 24.8 Å². The molecule has 0 aliphatic carbocycles. The number of amides is 2. The van der Waals surface area contributed by atoms with Crippen LogP contribution >= 0.6 is 24.8 Å². The van der Waals surface area contributed by atoms with Crippen LogP contribution in [0.5, 0.6) is 0 Å². The van der Waals surface area contributed by atoms with Gasteiger partial charge in [0.1, 0.15) is 0 Å². The van der Waals surface area contributed by atoms with E-state index in [4.69, 9.17) is 0 Å².